The van der Waals surface area contributed by atoms with Crippen LogP contribution < -0.4 is 0 Å². The summed E-state index contributed by atoms with van der Waals surface area (Å²) in [5.74, 6) is 1.34. The Kier molecular flexibility index (Phi) is 4.21. The van der Waals surface area contributed by atoms with Gasteiger partial charge < -0.3 is 9.26 Å². The zero-order valence-electron chi connectivity index (χ0n) is 12.6. The van der Waals surface area contributed by atoms with Crippen molar-refractivity contribution in [2.75, 3.05) is 26.7 Å². The van der Waals surface area contributed by atoms with Crippen LogP contribution in [0.4, 0.5) is 0 Å². The lowest BCUT2D eigenvalue weighted by Crippen LogP contribution is -2.40. The molecular formula is C14H22N4O3. The molecule has 2 atom stereocenters. The van der Waals surface area contributed by atoms with E-state index in [0.717, 1.165) is 38.2 Å². The van der Waals surface area contributed by atoms with E-state index in [1.165, 1.54) is 0 Å². The quantitative estimate of drug-likeness (QED) is 0.730. The number of hydrogen-bond acceptors (Lipinski definition) is 7. The number of aromatic nitrogens is 2. The molecule has 2 fully saturated rings. The average Bonchev–Trinajstić information content (AvgIpc) is 3.17. The number of ether oxygens (including phenoxy) is 1. The lowest BCUT2D eigenvalue weighted by Gasteiger charge is -2.24. The first-order valence-corrected chi connectivity index (χ1v) is 7.59. The van der Waals surface area contributed by atoms with Crippen molar-refractivity contribution in [3.8, 4) is 0 Å². The first-order valence-electron chi connectivity index (χ1n) is 7.59. The highest BCUT2D eigenvalue weighted by molar-refractivity contribution is 5.77. The molecule has 0 aliphatic carbocycles. The maximum absolute atomic E-state index is 11.7. The molecular weight excluding hydrogens is 272 g/mol. The second-order valence-corrected chi connectivity index (χ2v) is 5.78. The summed E-state index contributed by atoms with van der Waals surface area (Å²) < 4.78 is 10.2. The van der Waals surface area contributed by atoms with E-state index < -0.39 is 0 Å². The zero-order valence-corrected chi connectivity index (χ0v) is 12.6. The van der Waals surface area contributed by atoms with Crippen molar-refractivity contribution >= 4 is 5.97 Å². The predicted octanol–water partition coefficient (Wildman–Crippen LogP) is 0.454. The fraction of sp³-hybridized carbons (Fsp3) is 0.786. The molecule has 2 saturated heterocycles. The van der Waals surface area contributed by atoms with E-state index in [9.17, 15) is 4.79 Å². The number of likely N-dealkylation sites (tertiary alicyclic amines) is 1. The monoisotopic (exact) mass is 294 g/mol. The molecule has 1 aromatic rings. The molecule has 0 aromatic carbocycles. The first kappa shape index (κ1) is 14.5. The van der Waals surface area contributed by atoms with E-state index in [1.54, 1.807) is 0 Å². The Morgan fingerprint density at radius 3 is 2.95 bits per heavy atom. The minimum absolute atomic E-state index is 0.0414. The summed E-state index contributed by atoms with van der Waals surface area (Å²) in [6.07, 6.45) is 2.64. The van der Waals surface area contributed by atoms with Gasteiger partial charge in [-0.15, -0.1) is 0 Å². The summed E-state index contributed by atoms with van der Waals surface area (Å²) in [4.78, 5) is 20.5. The molecule has 3 rings (SSSR count). The molecule has 21 heavy (non-hydrogen) atoms. The van der Waals surface area contributed by atoms with Crippen LogP contribution in [0.5, 0.6) is 0 Å². The number of hydrogen-bond donors (Lipinski definition) is 0. The predicted molar refractivity (Wildman–Crippen MR) is 74.5 cm³/mol. The van der Waals surface area contributed by atoms with Crippen LogP contribution in [-0.4, -0.2) is 64.7 Å². The lowest BCUT2D eigenvalue weighted by atomic mass is 10.2. The van der Waals surface area contributed by atoms with Crippen molar-refractivity contribution < 1.29 is 14.1 Å². The van der Waals surface area contributed by atoms with Gasteiger partial charge in [0.15, 0.2) is 5.82 Å². The summed E-state index contributed by atoms with van der Waals surface area (Å²) >= 11 is 0. The van der Waals surface area contributed by atoms with Gasteiger partial charge in [0.2, 0.25) is 5.89 Å². The number of rotatable bonds is 5. The average molecular weight is 294 g/mol. The van der Waals surface area contributed by atoms with E-state index in [-0.39, 0.29) is 12.0 Å². The van der Waals surface area contributed by atoms with Crippen molar-refractivity contribution in [1.82, 2.24) is 19.9 Å². The van der Waals surface area contributed by atoms with Crippen LogP contribution in [0.25, 0.3) is 0 Å². The Balaban J connectivity index is 1.54. The van der Waals surface area contributed by atoms with E-state index in [2.05, 4.69) is 27.0 Å². The number of cyclic esters (lactones) is 1. The standard InChI is InChI=1S/C14H22N4O3/c1-3-13-15-12(16-21-13)9-17(2)10-4-6-18(8-10)11-5-7-20-14(11)19/h10-11H,3-9H2,1-2H3. The largest absolute Gasteiger partial charge is 0.464 e. The van der Waals surface area contributed by atoms with E-state index >= 15 is 0 Å². The number of aryl methyl sites for hydroxylation is 1. The second-order valence-electron chi connectivity index (χ2n) is 5.78. The Morgan fingerprint density at radius 2 is 2.29 bits per heavy atom. The molecule has 0 bridgehead atoms. The van der Waals surface area contributed by atoms with Crippen LogP contribution in [-0.2, 0) is 22.5 Å². The number of likely N-dealkylation sites (N-methyl/N-ethyl adjacent to an activating group) is 1. The molecule has 0 radical (unpaired) electrons. The van der Waals surface area contributed by atoms with Crippen molar-refractivity contribution in [2.24, 2.45) is 0 Å². The molecule has 3 heterocycles. The smallest absolute Gasteiger partial charge is 0.323 e. The van der Waals surface area contributed by atoms with Gasteiger partial charge in [-0.05, 0) is 13.5 Å². The van der Waals surface area contributed by atoms with Gasteiger partial charge in [-0.25, -0.2) is 0 Å². The minimum Gasteiger partial charge on any atom is -0.464 e. The Labute approximate surface area is 124 Å². The van der Waals surface area contributed by atoms with Crippen molar-refractivity contribution in [2.45, 2.75) is 44.8 Å². The van der Waals surface area contributed by atoms with Crippen molar-refractivity contribution in [1.29, 1.82) is 0 Å². The van der Waals surface area contributed by atoms with Crippen molar-refractivity contribution in [3.05, 3.63) is 11.7 Å². The fourth-order valence-corrected chi connectivity index (χ4v) is 3.08. The van der Waals surface area contributed by atoms with E-state index in [1.807, 2.05) is 6.92 Å². The summed E-state index contributed by atoms with van der Waals surface area (Å²) in [6, 6.07) is 0.377. The summed E-state index contributed by atoms with van der Waals surface area (Å²) in [7, 11) is 2.07. The van der Waals surface area contributed by atoms with Crippen LogP contribution in [0.15, 0.2) is 4.52 Å². The second kappa shape index (κ2) is 6.11. The van der Waals surface area contributed by atoms with Crippen LogP contribution >= 0.6 is 0 Å². The van der Waals surface area contributed by atoms with E-state index in [4.69, 9.17) is 9.26 Å². The van der Waals surface area contributed by atoms with Gasteiger partial charge in [0.1, 0.15) is 6.04 Å². The van der Waals surface area contributed by atoms with Crippen LogP contribution in [0.1, 0.15) is 31.5 Å². The molecule has 0 saturated carbocycles. The lowest BCUT2D eigenvalue weighted by molar-refractivity contribution is -0.142. The Hall–Kier alpha value is -1.47. The molecule has 1 aromatic heterocycles. The van der Waals surface area contributed by atoms with Crippen LogP contribution in [0, 0.1) is 0 Å². The first-order chi connectivity index (χ1) is 10.2. The summed E-state index contributed by atoms with van der Waals surface area (Å²) in [6.45, 7) is 5.08. The highest BCUT2D eigenvalue weighted by Crippen LogP contribution is 2.22. The minimum atomic E-state index is -0.0657. The maximum atomic E-state index is 11.7. The van der Waals surface area contributed by atoms with Gasteiger partial charge in [-0.1, -0.05) is 12.1 Å². The number of esters is 1. The van der Waals surface area contributed by atoms with Crippen molar-refractivity contribution in [3.63, 3.8) is 0 Å². The molecule has 7 nitrogen and oxygen atoms in total. The number of carbonyl (C=O) groups excluding carboxylic acids is 1. The van der Waals surface area contributed by atoms with Gasteiger partial charge in [-0.3, -0.25) is 14.6 Å². The number of carbonyl (C=O) groups is 1. The van der Waals surface area contributed by atoms with Crippen LogP contribution in [0.3, 0.4) is 0 Å². The molecule has 2 aliphatic rings. The summed E-state index contributed by atoms with van der Waals surface area (Å²) in [5, 5.41) is 3.99. The number of nitrogens with zero attached hydrogens (tertiary/aromatic N) is 4. The molecule has 2 aliphatic heterocycles. The van der Waals surface area contributed by atoms with Gasteiger partial charge in [0.05, 0.1) is 13.2 Å². The highest BCUT2D eigenvalue weighted by atomic mass is 16.5. The fourth-order valence-electron chi connectivity index (χ4n) is 3.08. The van der Waals surface area contributed by atoms with Gasteiger partial charge in [0.25, 0.3) is 0 Å². The van der Waals surface area contributed by atoms with Gasteiger partial charge >= 0.3 is 5.97 Å². The summed E-state index contributed by atoms with van der Waals surface area (Å²) in [5.41, 5.74) is 0. The molecule has 0 N–H and O–H groups in total. The third-order valence-corrected chi connectivity index (χ3v) is 4.37. The third kappa shape index (κ3) is 3.08. The van der Waals surface area contributed by atoms with Gasteiger partial charge in [-0.2, -0.15) is 4.98 Å². The van der Waals surface area contributed by atoms with E-state index in [0.29, 0.717) is 25.1 Å². The zero-order chi connectivity index (χ0) is 14.8. The molecule has 0 amide bonds. The van der Waals surface area contributed by atoms with Crippen LogP contribution in [0.2, 0.25) is 0 Å². The highest BCUT2D eigenvalue weighted by Gasteiger charge is 2.37. The topological polar surface area (TPSA) is 71.7 Å². The SMILES string of the molecule is CCc1nc(CN(C)C2CCN(C3CCOC3=O)C2)no1. The Bertz CT molecular complexity index is 504. The third-order valence-electron chi connectivity index (χ3n) is 4.37. The molecule has 116 valence electrons. The molecule has 7 heteroatoms. The Morgan fingerprint density at radius 1 is 1.43 bits per heavy atom. The molecule has 2 unspecified atom stereocenters. The maximum Gasteiger partial charge on any atom is 0.323 e. The van der Waals surface area contributed by atoms with Gasteiger partial charge in [0, 0.05) is 32.0 Å². The normalized spacial score (nSPS) is 26.7. The molecule has 0 spiro atoms.